The molecule has 4 aromatic rings. The van der Waals surface area contributed by atoms with Gasteiger partial charge in [0.05, 0.1) is 24.7 Å². The van der Waals surface area contributed by atoms with Crippen LogP contribution in [-0.2, 0) is 9.47 Å². The molecule has 0 bridgehead atoms. The maximum Gasteiger partial charge on any atom is 0.336 e. The van der Waals surface area contributed by atoms with Gasteiger partial charge in [-0.2, -0.15) is 0 Å². The van der Waals surface area contributed by atoms with Crippen LogP contribution >= 0.6 is 0 Å². The molecule has 0 aliphatic carbocycles. The van der Waals surface area contributed by atoms with Crippen molar-refractivity contribution in [3.05, 3.63) is 69.3 Å². The number of fused-ring (bicyclic) bond motifs is 2. The molecule has 1 aliphatic rings. The lowest BCUT2D eigenvalue weighted by molar-refractivity contribution is -0.312. The van der Waals surface area contributed by atoms with Crippen LogP contribution in [0.15, 0.2) is 65.7 Å². The fourth-order valence-corrected chi connectivity index (χ4v) is 4.56. The molecule has 0 radical (unpaired) electrons. The van der Waals surface area contributed by atoms with Crippen molar-refractivity contribution >= 4 is 21.9 Å². The first-order valence-corrected chi connectivity index (χ1v) is 12.8. The highest BCUT2D eigenvalue weighted by Gasteiger charge is 2.49. The molecule has 3 aromatic heterocycles. The minimum Gasteiger partial charge on any atom is -0.483 e. The first kappa shape index (κ1) is 28.8. The molecule has 4 heterocycles. The lowest BCUT2D eigenvalue weighted by Gasteiger charge is -2.45. The summed E-state index contributed by atoms with van der Waals surface area (Å²) < 4.78 is 39.4. The van der Waals surface area contributed by atoms with Gasteiger partial charge >= 0.3 is 5.63 Å². The highest BCUT2D eigenvalue weighted by molar-refractivity contribution is 5.99. The van der Waals surface area contributed by atoms with Crippen LogP contribution in [0.3, 0.4) is 0 Å². The Hall–Kier alpha value is -3.72. The van der Waals surface area contributed by atoms with E-state index in [2.05, 4.69) is 0 Å². The van der Waals surface area contributed by atoms with Gasteiger partial charge < -0.3 is 52.6 Å². The van der Waals surface area contributed by atoms with E-state index < -0.39 is 60.1 Å². The number of hydrogen-bond donors (Lipinski definition) is 4. The van der Waals surface area contributed by atoms with Gasteiger partial charge in [0.15, 0.2) is 11.2 Å². The average Bonchev–Trinajstić information content (AvgIpc) is 3.40. The fraction of sp³-hybridized carbons (Fsp3) is 0.429. The zero-order chi connectivity index (χ0) is 29.5. The van der Waals surface area contributed by atoms with E-state index in [9.17, 15) is 30.0 Å². The standard InChI is InChI=1S/C28H30O13/c1-13-22(16(30)7-9-35-13)40-27-25(21(34)20(33)17(11-29)38-27)41-28(2,3)18(31)12-37-26-23-15(6-8-36-23)10-14-4-5-19(32)39-24(14)26/h4-10,17-18,20-21,25,27,29,31,33-34H,11-12H2,1-3H3/t17-,18?,20-,21+,25-,27+/m1/s1. The molecular formula is C28H30O13. The first-order chi connectivity index (χ1) is 19.5. The molecule has 4 N–H and O–H groups in total. The molecule has 41 heavy (non-hydrogen) atoms. The molecule has 1 aliphatic heterocycles. The van der Waals surface area contributed by atoms with E-state index in [-0.39, 0.29) is 29.4 Å². The van der Waals surface area contributed by atoms with E-state index in [0.717, 1.165) is 6.07 Å². The van der Waals surface area contributed by atoms with Crippen LogP contribution in [0.1, 0.15) is 19.6 Å². The largest absolute Gasteiger partial charge is 0.483 e. The second-order valence-electron chi connectivity index (χ2n) is 10.2. The van der Waals surface area contributed by atoms with Gasteiger partial charge in [0.2, 0.25) is 23.2 Å². The van der Waals surface area contributed by atoms with Gasteiger partial charge in [0, 0.05) is 22.9 Å². The Morgan fingerprint density at radius 2 is 1.71 bits per heavy atom. The molecule has 6 atom stereocenters. The minimum absolute atomic E-state index is 0.102. The van der Waals surface area contributed by atoms with Crippen molar-refractivity contribution < 1.29 is 52.6 Å². The molecule has 0 amide bonds. The third-order valence-electron chi connectivity index (χ3n) is 6.98. The van der Waals surface area contributed by atoms with Gasteiger partial charge in [-0.25, -0.2) is 4.79 Å². The van der Waals surface area contributed by atoms with Crippen molar-refractivity contribution in [1.82, 2.24) is 0 Å². The van der Waals surface area contributed by atoms with Crippen molar-refractivity contribution in [1.29, 1.82) is 0 Å². The highest BCUT2D eigenvalue weighted by atomic mass is 16.7. The van der Waals surface area contributed by atoms with E-state index in [1.165, 1.54) is 39.4 Å². The Morgan fingerprint density at radius 3 is 2.44 bits per heavy atom. The molecule has 0 spiro atoms. The smallest absolute Gasteiger partial charge is 0.336 e. The van der Waals surface area contributed by atoms with Gasteiger partial charge in [-0.1, -0.05) is 0 Å². The van der Waals surface area contributed by atoms with Crippen molar-refractivity contribution in [2.45, 2.75) is 63.2 Å². The highest BCUT2D eigenvalue weighted by Crippen LogP contribution is 2.36. The molecular weight excluding hydrogens is 544 g/mol. The molecule has 5 rings (SSSR count). The maximum atomic E-state index is 12.4. The van der Waals surface area contributed by atoms with Crippen molar-refractivity contribution in [3.8, 4) is 11.5 Å². The molecule has 0 saturated carbocycles. The third kappa shape index (κ3) is 5.60. The van der Waals surface area contributed by atoms with Gasteiger partial charge in [0.1, 0.15) is 42.9 Å². The van der Waals surface area contributed by atoms with Gasteiger partial charge in [-0.05, 0) is 39.0 Å². The van der Waals surface area contributed by atoms with E-state index >= 15 is 0 Å². The van der Waals surface area contributed by atoms with E-state index in [1.807, 2.05) is 0 Å². The molecule has 1 fully saturated rings. The van der Waals surface area contributed by atoms with E-state index in [1.54, 1.807) is 18.2 Å². The number of furan rings is 1. The average molecular weight is 575 g/mol. The molecule has 1 unspecified atom stereocenters. The predicted molar refractivity (Wildman–Crippen MR) is 141 cm³/mol. The van der Waals surface area contributed by atoms with Gasteiger partial charge in [0.25, 0.3) is 0 Å². The van der Waals surface area contributed by atoms with Gasteiger partial charge in [-0.3, -0.25) is 4.79 Å². The lowest BCUT2D eigenvalue weighted by Crippen LogP contribution is -2.63. The van der Waals surface area contributed by atoms with Crippen molar-refractivity contribution in [2.24, 2.45) is 0 Å². The summed E-state index contributed by atoms with van der Waals surface area (Å²) in [5, 5.41) is 43.4. The van der Waals surface area contributed by atoms with Crippen LogP contribution in [0.25, 0.3) is 21.9 Å². The maximum absolute atomic E-state index is 12.4. The molecule has 220 valence electrons. The number of rotatable bonds is 9. The van der Waals surface area contributed by atoms with Crippen LogP contribution in [0, 0.1) is 6.92 Å². The van der Waals surface area contributed by atoms with E-state index in [0.29, 0.717) is 16.4 Å². The van der Waals surface area contributed by atoms with Crippen molar-refractivity contribution in [2.75, 3.05) is 13.2 Å². The normalized spacial score (nSPS) is 24.0. The van der Waals surface area contributed by atoms with Crippen LogP contribution in [-0.4, -0.2) is 76.1 Å². The Kier molecular flexibility index (Phi) is 7.92. The monoisotopic (exact) mass is 574 g/mol. The summed E-state index contributed by atoms with van der Waals surface area (Å²) in [6, 6.07) is 7.45. The SMILES string of the molecule is Cc1occc(=O)c1O[C@@H]1O[C@H](CO)[C@@H](O)[C@H](O)[C@H]1OC(C)(C)C(O)COc1c2occc2cc2ccc(=O)oc12. The van der Waals surface area contributed by atoms with Gasteiger partial charge in [-0.15, -0.1) is 0 Å². The van der Waals surface area contributed by atoms with Crippen molar-refractivity contribution in [3.63, 3.8) is 0 Å². The van der Waals surface area contributed by atoms with Crippen LogP contribution in [0.4, 0.5) is 0 Å². The van der Waals surface area contributed by atoms with Crippen LogP contribution in [0.5, 0.6) is 11.5 Å². The Balaban J connectivity index is 1.39. The number of hydrogen-bond acceptors (Lipinski definition) is 13. The summed E-state index contributed by atoms with van der Waals surface area (Å²) in [4.78, 5) is 24.3. The summed E-state index contributed by atoms with van der Waals surface area (Å²) in [6.07, 6.45) is -6.14. The second kappa shape index (κ2) is 11.3. The fourth-order valence-electron chi connectivity index (χ4n) is 4.56. The lowest BCUT2D eigenvalue weighted by atomic mass is 9.96. The first-order valence-electron chi connectivity index (χ1n) is 12.8. The predicted octanol–water partition coefficient (Wildman–Crippen LogP) is 1.22. The quantitative estimate of drug-likeness (QED) is 0.209. The number of ether oxygens (including phenoxy) is 4. The topological polar surface area (TPSA) is 191 Å². The third-order valence-corrected chi connectivity index (χ3v) is 6.98. The second-order valence-corrected chi connectivity index (χ2v) is 10.2. The Labute approximate surface area is 232 Å². The summed E-state index contributed by atoms with van der Waals surface area (Å²) in [5.74, 6) is 0.0115. The summed E-state index contributed by atoms with van der Waals surface area (Å²) >= 11 is 0. The molecule has 1 aromatic carbocycles. The number of aliphatic hydroxyl groups excluding tert-OH is 4. The number of benzene rings is 1. The zero-order valence-corrected chi connectivity index (χ0v) is 22.4. The number of aryl methyl sites for hydroxylation is 1. The summed E-state index contributed by atoms with van der Waals surface area (Å²) in [6.45, 7) is 3.46. The molecule has 1 saturated heterocycles. The van der Waals surface area contributed by atoms with Crippen LogP contribution < -0.4 is 20.5 Å². The van der Waals surface area contributed by atoms with Crippen LogP contribution in [0.2, 0.25) is 0 Å². The Morgan fingerprint density at radius 1 is 0.976 bits per heavy atom. The minimum atomic E-state index is -1.65. The number of aliphatic hydroxyl groups is 4. The van der Waals surface area contributed by atoms with E-state index in [4.69, 9.17) is 32.2 Å². The molecule has 13 nitrogen and oxygen atoms in total. The summed E-state index contributed by atoms with van der Waals surface area (Å²) in [7, 11) is 0. The molecule has 13 heteroatoms. The Bertz CT molecular complexity index is 1630. The zero-order valence-electron chi connectivity index (χ0n) is 22.4. The summed E-state index contributed by atoms with van der Waals surface area (Å²) in [5.41, 5.74) is -2.18.